The topological polar surface area (TPSA) is 25.4 Å². The molecule has 1 fully saturated rings. The molecule has 0 radical (unpaired) electrons. The van der Waals surface area contributed by atoms with E-state index in [9.17, 15) is 0 Å². The highest BCUT2D eigenvalue weighted by Crippen LogP contribution is 2.14. The lowest BCUT2D eigenvalue weighted by molar-refractivity contribution is 0.0676. The third-order valence-electron chi connectivity index (χ3n) is 3.14. The molecule has 1 aliphatic rings. The van der Waals surface area contributed by atoms with Gasteiger partial charge in [-0.1, -0.05) is 0 Å². The van der Waals surface area contributed by atoms with E-state index in [1.54, 1.807) is 11.3 Å². The summed E-state index contributed by atoms with van der Waals surface area (Å²) in [5, 5.41) is 3.27. The first-order chi connectivity index (χ1) is 8.78. The predicted octanol–water partition coefficient (Wildman–Crippen LogP) is 2.93. The maximum atomic E-state index is 5.75. The monoisotopic (exact) mass is 288 g/mol. The van der Waals surface area contributed by atoms with Crippen molar-refractivity contribution < 1.29 is 4.74 Å². The van der Waals surface area contributed by atoms with Crippen LogP contribution >= 0.6 is 22.9 Å². The lowest BCUT2D eigenvalue weighted by Crippen LogP contribution is -2.31. The molecule has 1 saturated heterocycles. The average molecular weight is 289 g/mol. The molecule has 102 valence electrons. The Labute approximate surface area is 118 Å². The number of alkyl halides is 1. The number of ether oxygens (including phenoxy) is 1. The van der Waals surface area contributed by atoms with Crippen LogP contribution in [0.3, 0.4) is 0 Å². The molecule has 0 spiro atoms. The van der Waals surface area contributed by atoms with Gasteiger partial charge < -0.3 is 9.64 Å². The molecule has 3 nitrogen and oxygen atoms in total. The van der Waals surface area contributed by atoms with E-state index in [0.717, 1.165) is 44.8 Å². The van der Waals surface area contributed by atoms with Crippen molar-refractivity contribution in [2.75, 3.05) is 26.2 Å². The molecule has 0 saturated carbocycles. The highest BCUT2D eigenvalue weighted by atomic mass is 35.5. The Balaban J connectivity index is 1.70. The number of hydrogen-bond donors (Lipinski definition) is 0. The maximum Gasteiger partial charge on any atom is 0.0929 e. The summed E-state index contributed by atoms with van der Waals surface area (Å²) >= 11 is 7.48. The summed E-state index contributed by atoms with van der Waals surface area (Å²) in [7, 11) is 0. The van der Waals surface area contributed by atoms with Crippen molar-refractivity contribution in [2.24, 2.45) is 0 Å². The normalized spacial score (nSPS) is 22.0. The molecule has 1 aliphatic heterocycles. The van der Waals surface area contributed by atoms with Gasteiger partial charge in [0.2, 0.25) is 0 Å². The van der Waals surface area contributed by atoms with Crippen LogP contribution in [-0.2, 0) is 17.0 Å². The van der Waals surface area contributed by atoms with Crippen LogP contribution in [0, 0.1) is 0 Å². The van der Waals surface area contributed by atoms with Crippen LogP contribution in [0.5, 0.6) is 0 Å². The van der Waals surface area contributed by atoms with Crippen LogP contribution in [0.15, 0.2) is 5.38 Å². The fraction of sp³-hybridized carbons (Fsp3) is 0.769. The number of aryl methyl sites for hydroxylation is 1. The summed E-state index contributed by atoms with van der Waals surface area (Å²) in [5.41, 5.74) is 1.01. The van der Waals surface area contributed by atoms with E-state index in [1.165, 1.54) is 11.4 Å². The number of rotatable bonds is 5. The van der Waals surface area contributed by atoms with Gasteiger partial charge in [-0.2, -0.15) is 0 Å². The van der Waals surface area contributed by atoms with E-state index in [-0.39, 0.29) is 0 Å². The largest absolute Gasteiger partial charge is 0.377 e. The number of thiazole rings is 1. The minimum Gasteiger partial charge on any atom is -0.377 e. The Hall–Kier alpha value is -0.160. The van der Waals surface area contributed by atoms with Crippen molar-refractivity contribution in [3.05, 3.63) is 16.1 Å². The molecule has 2 rings (SSSR count). The Morgan fingerprint density at radius 1 is 1.61 bits per heavy atom. The number of aromatic nitrogens is 1. The second kappa shape index (κ2) is 7.43. The Morgan fingerprint density at radius 3 is 3.28 bits per heavy atom. The molecule has 0 amide bonds. The predicted molar refractivity (Wildman–Crippen MR) is 76.5 cm³/mol. The van der Waals surface area contributed by atoms with Gasteiger partial charge in [0.15, 0.2) is 0 Å². The van der Waals surface area contributed by atoms with Crippen molar-refractivity contribution in [3.8, 4) is 0 Å². The van der Waals surface area contributed by atoms with Crippen LogP contribution in [0.4, 0.5) is 0 Å². The lowest BCUT2D eigenvalue weighted by Gasteiger charge is -2.21. The summed E-state index contributed by atoms with van der Waals surface area (Å²) in [6.07, 6.45) is 3.75. The van der Waals surface area contributed by atoms with Gasteiger partial charge in [-0.05, 0) is 26.3 Å². The molecule has 0 aromatic carbocycles. The Morgan fingerprint density at radius 2 is 2.50 bits per heavy atom. The molecule has 0 bridgehead atoms. The Bertz CT molecular complexity index is 359. The third-order valence-corrected chi connectivity index (χ3v) is 4.37. The summed E-state index contributed by atoms with van der Waals surface area (Å²) < 4.78 is 5.65. The smallest absolute Gasteiger partial charge is 0.0929 e. The summed E-state index contributed by atoms with van der Waals surface area (Å²) in [5.74, 6) is 0.525. The van der Waals surface area contributed by atoms with Gasteiger partial charge in [0, 0.05) is 31.5 Å². The first-order valence-electron chi connectivity index (χ1n) is 6.61. The maximum absolute atomic E-state index is 5.75. The van der Waals surface area contributed by atoms with E-state index in [4.69, 9.17) is 16.3 Å². The lowest BCUT2D eigenvalue weighted by atomic mass is 10.2. The van der Waals surface area contributed by atoms with Gasteiger partial charge in [0.25, 0.3) is 0 Å². The second-order valence-corrected chi connectivity index (χ2v) is 6.02. The molecule has 1 aromatic heterocycles. The zero-order chi connectivity index (χ0) is 12.8. The van der Waals surface area contributed by atoms with Crippen molar-refractivity contribution in [2.45, 2.75) is 38.2 Å². The molecule has 1 atom stereocenters. The number of halogens is 1. The zero-order valence-electron chi connectivity index (χ0n) is 10.9. The van der Waals surface area contributed by atoms with Crippen LogP contribution in [0.25, 0.3) is 0 Å². The highest BCUT2D eigenvalue weighted by molar-refractivity contribution is 7.09. The van der Waals surface area contributed by atoms with Crippen molar-refractivity contribution in [1.29, 1.82) is 0 Å². The molecule has 0 N–H and O–H groups in total. The molecule has 5 heteroatoms. The van der Waals surface area contributed by atoms with Gasteiger partial charge in [-0.25, -0.2) is 4.98 Å². The van der Waals surface area contributed by atoms with Crippen molar-refractivity contribution >= 4 is 22.9 Å². The number of hydrogen-bond acceptors (Lipinski definition) is 4. The minimum atomic E-state index is 0.371. The first kappa shape index (κ1) is 14.3. The van der Waals surface area contributed by atoms with Gasteiger partial charge in [0.05, 0.1) is 22.7 Å². The molecule has 1 unspecified atom stereocenters. The van der Waals surface area contributed by atoms with Crippen LogP contribution in [0.2, 0.25) is 0 Å². The highest BCUT2D eigenvalue weighted by Gasteiger charge is 2.14. The average Bonchev–Trinajstić information content (AvgIpc) is 2.72. The molecular weight excluding hydrogens is 268 g/mol. The zero-order valence-corrected chi connectivity index (χ0v) is 12.5. The van der Waals surface area contributed by atoms with Crippen molar-refractivity contribution in [3.63, 3.8) is 0 Å². The third kappa shape index (κ3) is 4.50. The Kier molecular flexibility index (Phi) is 5.89. The van der Waals surface area contributed by atoms with Crippen LogP contribution in [-0.4, -0.2) is 42.2 Å². The van der Waals surface area contributed by atoms with Crippen LogP contribution < -0.4 is 0 Å². The summed E-state index contributed by atoms with van der Waals surface area (Å²) in [6, 6.07) is 0. The molecular formula is C13H21ClN2OS. The van der Waals surface area contributed by atoms with Crippen molar-refractivity contribution in [1.82, 2.24) is 9.88 Å². The minimum absolute atomic E-state index is 0.371. The molecule has 2 heterocycles. The fourth-order valence-electron chi connectivity index (χ4n) is 2.26. The van der Waals surface area contributed by atoms with Gasteiger partial charge in [-0.3, -0.25) is 0 Å². The van der Waals surface area contributed by atoms with Gasteiger partial charge in [0.1, 0.15) is 0 Å². The quantitative estimate of drug-likeness (QED) is 0.779. The standard InChI is InChI=1S/C13H21ClN2OS/c1-11-9-16(6-3-7-17-11)5-2-4-13-15-12(8-14)10-18-13/h10-11H,2-9H2,1H3. The van der Waals surface area contributed by atoms with Gasteiger partial charge in [-0.15, -0.1) is 22.9 Å². The SMILES string of the molecule is CC1CN(CCCc2nc(CCl)cs2)CCCO1. The first-order valence-corrected chi connectivity index (χ1v) is 8.02. The fourth-order valence-corrected chi connectivity index (χ4v) is 3.33. The van der Waals surface area contributed by atoms with E-state index in [2.05, 4.69) is 22.2 Å². The van der Waals surface area contributed by atoms with E-state index in [1.807, 2.05) is 0 Å². The van der Waals surface area contributed by atoms with E-state index < -0.39 is 0 Å². The molecule has 1 aromatic rings. The summed E-state index contributed by atoms with van der Waals surface area (Å²) in [6.45, 7) is 6.43. The van der Waals surface area contributed by atoms with E-state index >= 15 is 0 Å². The molecule has 0 aliphatic carbocycles. The summed E-state index contributed by atoms with van der Waals surface area (Å²) in [4.78, 5) is 7.00. The second-order valence-electron chi connectivity index (χ2n) is 4.81. The number of nitrogens with zero attached hydrogens (tertiary/aromatic N) is 2. The molecule has 18 heavy (non-hydrogen) atoms. The van der Waals surface area contributed by atoms with E-state index in [0.29, 0.717) is 12.0 Å². The van der Waals surface area contributed by atoms with Gasteiger partial charge >= 0.3 is 0 Å². The van der Waals surface area contributed by atoms with Crippen LogP contribution in [0.1, 0.15) is 30.5 Å².